The van der Waals surface area contributed by atoms with Crippen LogP contribution in [0.25, 0.3) is 5.82 Å². The summed E-state index contributed by atoms with van der Waals surface area (Å²) in [4.78, 5) is 24.8. The van der Waals surface area contributed by atoms with Crippen molar-refractivity contribution in [2.75, 3.05) is 23.4 Å². The van der Waals surface area contributed by atoms with Crippen molar-refractivity contribution in [3.05, 3.63) is 31.1 Å². The third-order valence-corrected chi connectivity index (χ3v) is 8.09. The number of imidazole rings is 1. The second-order valence-electron chi connectivity index (χ2n) is 8.86. The van der Waals surface area contributed by atoms with E-state index in [0.29, 0.717) is 37.4 Å². The van der Waals surface area contributed by atoms with Crippen molar-refractivity contribution in [3.63, 3.8) is 0 Å². The maximum atomic E-state index is 13.1. The van der Waals surface area contributed by atoms with Gasteiger partial charge in [0.1, 0.15) is 24.3 Å². The molecule has 0 saturated carbocycles. The molecule has 31 heavy (non-hydrogen) atoms. The molecular formula is C21H30N6O3S. The van der Waals surface area contributed by atoms with Gasteiger partial charge in [-0.25, -0.2) is 19.2 Å². The van der Waals surface area contributed by atoms with Crippen LogP contribution in [-0.2, 0) is 19.3 Å². The number of carbonyl (C=O) groups is 1. The van der Waals surface area contributed by atoms with Crippen LogP contribution in [0.1, 0.15) is 46.0 Å². The van der Waals surface area contributed by atoms with Crippen molar-refractivity contribution in [1.82, 2.24) is 19.5 Å². The van der Waals surface area contributed by atoms with E-state index in [2.05, 4.69) is 24.6 Å². The van der Waals surface area contributed by atoms with E-state index >= 15 is 0 Å². The van der Waals surface area contributed by atoms with Gasteiger partial charge in [0.15, 0.2) is 0 Å². The summed E-state index contributed by atoms with van der Waals surface area (Å²) >= 11 is 0. The van der Waals surface area contributed by atoms with Gasteiger partial charge in [0, 0.05) is 49.0 Å². The number of anilines is 1. The Labute approximate surface area is 183 Å². The third-order valence-electron chi connectivity index (χ3n) is 5.87. The summed E-state index contributed by atoms with van der Waals surface area (Å²) in [6.45, 7) is 4.58. The molecule has 1 atom stereocenters. The van der Waals surface area contributed by atoms with E-state index in [1.165, 1.54) is 6.33 Å². The number of rotatable bonds is 5. The summed E-state index contributed by atoms with van der Waals surface area (Å²) in [7, 11) is -2.47. The molecule has 1 amide bonds. The summed E-state index contributed by atoms with van der Waals surface area (Å²) in [6.07, 6.45) is 10.1. The van der Waals surface area contributed by atoms with Crippen LogP contribution in [0.3, 0.4) is 0 Å². The van der Waals surface area contributed by atoms with Gasteiger partial charge in [-0.15, -0.1) is 0 Å². The Bertz CT molecular complexity index is 1020. The second kappa shape index (κ2) is 9.04. The van der Waals surface area contributed by atoms with Gasteiger partial charge in [-0.2, -0.15) is 4.36 Å². The summed E-state index contributed by atoms with van der Waals surface area (Å²) < 4.78 is 25.2. The van der Waals surface area contributed by atoms with Gasteiger partial charge in [0.2, 0.25) is 0 Å². The van der Waals surface area contributed by atoms with E-state index in [9.17, 15) is 9.00 Å². The number of hydrogen-bond donors (Lipinski definition) is 1. The first-order valence-electron chi connectivity index (χ1n) is 10.8. The molecule has 0 radical (unpaired) electrons. The van der Waals surface area contributed by atoms with E-state index in [0.717, 1.165) is 24.5 Å². The van der Waals surface area contributed by atoms with Crippen LogP contribution < -0.4 is 5.32 Å². The molecule has 2 fully saturated rings. The average molecular weight is 447 g/mol. The Morgan fingerprint density at radius 2 is 2.19 bits per heavy atom. The highest BCUT2D eigenvalue weighted by atomic mass is 32.2. The average Bonchev–Trinajstić information content (AvgIpc) is 3.26. The van der Waals surface area contributed by atoms with Crippen molar-refractivity contribution in [3.8, 4) is 5.82 Å². The largest absolute Gasteiger partial charge is 0.375 e. The number of carbonyl (C=O) groups excluding carboxylic acids is 1. The van der Waals surface area contributed by atoms with Crippen molar-refractivity contribution in [2.45, 2.75) is 57.6 Å². The number of hydrogen-bond acceptors (Lipinski definition) is 7. The Balaban J connectivity index is 1.39. The first-order chi connectivity index (χ1) is 14.8. The fourth-order valence-electron chi connectivity index (χ4n) is 4.25. The maximum Gasteiger partial charge on any atom is 0.254 e. The molecule has 2 aliphatic heterocycles. The van der Waals surface area contributed by atoms with Gasteiger partial charge in [0.25, 0.3) is 5.91 Å². The smallest absolute Gasteiger partial charge is 0.254 e. The minimum Gasteiger partial charge on any atom is -0.375 e. The lowest BCUT2D eigenvalue weighted by Gasteiger charge is -2.44. The molecule has 1 N–H and O–H groups in total. The molecule has 4 rings (SSSR count). The van der Waals surface area contributed by atoms with E-state index in [4.69, 9.17) is 4.74 Å². The second-order valence-corrected chi connectivity index (χ2v) is 11.4. The number of amides is 1. The molecule has 0 bridgehead atoms. The number of aromatic nitrogens is 4. The fourth-order valence-corrected chi connectivity index (χ4v) is 6.47. The normalized spacial score (nSPS) is 28.5. The Kier molecular flexibility index (Phi) is 6.38. The zero-order valence-corrected chi connectivity index (χ0v) is 18.9. The minimum absolute atomic E-state index is 0.202. The van der Waals surface area contributed by atoms with Crippen LogP contribution in [0.5, 0.6) is 0 Å². The molecule has 2 aliphatic rings. The van der Waals surface area contributed by atoms with Crippen LogP contribution in [0.4, 0.5) is 5.82 Å². The van der Waals surface area contributed by atoms with Gasteiger partial charge >= 0.3 is 0 Å². The molecule has 9 nitrogen and oxygen atoms in total. The molecule has 0 aliphatic carbocycles. The maximum absolute atomic E-state index is 13.1. The van der Waals surface area contributed by atoms with Gasteiger partial charge in [0.05, 0.1) is 15.3 Å². The first-order valence-corrected chi connectivity index (χ1v) is 12.7. The van der Waals surface area contributed by atoms with Crippen LogP contribution in [0, 0.1) is 5.92 Å². The monoisotopic (exact) mass is 446 g/mol. The lowest BCUT2D eigenvalue weighted by atomic mass is 9.85. The predicted octanol–water partition coefficient (Wildman–Crippen LogP) is 2.83. The molecule has 2 saturated heterocycles. The molecule has 168 valence electrons. The van der Waals surface area contributed by atoms with Crippen LogP contribution >= 0.6 is 0 Å². The van der Waals surface area contributed by atoms with Gasteiger partial charge < -0.3 is 10.1 Å². The lowest BCUT2D eigenvalue weighted by molar-refractivity contribution is -0.118. The number of nitrogens with zero attached hydrogens (tertiary/aromatic N) is 5. The van der Waals surface area contributed by atoms with Crippen molar-refractivity contribution < 1.29 is 13.7 Å². The van der Waals surface area contributed by atoms with Crippen molar-refractivity contribution in [2.24, 2.45) is 10.3 Å². The van der Waals surface area contributed by atoms with E-state index in [1.54, 1.807) is 12.5 Å². The van der Waals surface area contributed by atoms with E-state index in [1.807, 2.05) is 30.7 Å². The van der Waals surface area contributed by atoms with Gasteiger partial charge in [-0.05, 0) is 31.6 Å². The molecule has 1 unspecified atom stereocenters. The molecule has 4 heterocycles. The van der Waals surface area contributed by atoms with E-state index < -0.39 is 9.73 Å². The summed E-state index contributed by atoms with van der Waals surface area (Å²) in [6, 6.07) is 2.10. The Morgan fingerprint density at radius 1 is 1.39 bits per heavy atom. The minimum atomic E-state index is -2.47. The quantitative estimate of drug-likeness (QED) is 0.752. The molecule has 0 aromatic carbocycles. The lowest BCUT2D eigenvalue weighted by Crippen LogP contribution is -2.49. The van der Waals surface area contributed by atoms with Crippen LogP contribution in [0.2, 0.25) is 0 Å². The van der Waals surface area contributed by atoms with E-state index in [-0.39, 0.29) is 23.5 Å². The SMILES string of the molecule is CC(C)CC(=O)N=S1(=O)CCC2(CC1)CC(Nc1cc(-n3ccnc3)ncn1)CCO2. The highest BCUT2D eigenvalue weighted by molar-refractivity contribution is 7.93. The van der Waals surface area contributed by atoms with Crippen LogP contribution in [-0.4, -0.2) is 59.4 Å². The van der Waals surface area contributed by atoms with Crippen LogP contribution in [0.15, 0.2) is 35.5 Å². The third kappa shape index (κ3) is 5.48. The highest BCUT2D eigenvalue weighted by Crippen LogP contribution is 2.37. The van der Waals surface area contributed by atoms with Gasteiger partial charge in [-0.1, -0.05) is 13.8 Å². The molecule has 10 heteroatoms. The number of nitrogens with one attached hydrogen (secondary N) is 1. The standard InChI is InChI=1S/C21H30N6O3S/c1-16(2)11-20(28)26-31(29)9-4-21(5-10-31)13-17(3-8-30-21)25-18-12-19(24-14-23-18)27-7-6-22-15-27/h6-7,12,14-17H,3-5,8-11,13H2,1-2H3,(H,23,24,25). The Hall–Kier alpha value is -2.33. The first kappa shape index (κ1) is 21.9. The van der Waals surface area contributed by atoms with Crippen molar-refractivity contribution >= 4 is 21.5 Å². The highest BCUT2D eigenvalue weighted by Gasteiger charge is 2.42. The molecule has 1 spiro atoms. The summed E-state index contributed by atoms with van der Waals surface area (Å²) in [5.41, 5.74) is -0.312. The zero-order valence-electron chi connectivity index (χ0n) is 18.1. The summed E-state index contributed by atoms with van der Waals surface area (Å²) in [5, 5.41) is 3.52. The predicted molar refractivity (Wildman–Crippen MR) is 118 cm³/mol. The zero-order chi connectivity index (χ0) is 21.9. The Morgan fingerprint density at radius 3 is 2.90 bits per heavy atom. The summed E-state index contributed by atoms with van der Waals surface area (Å²) in [5.74, 6) is 2.33. The fraction of sp³-hybridized carbons (Fsp3) is 0.619. The van der Waals surface area contributed by atoms with Gasteiger partial charge in [-0.3, -0.25) is 9.36 Å². The molecular weight excluding hydrogens is 416 g/mol. The topological polar surface area (TPSA) is 111 Å². The molecule has 2 aromatic rings. The van der Waals surface area contributed by atoms with Crippen molar-refractivity contribution in [1.29, 1.82) is 0 Å². The number of ether oxygens (including phenoxy) is 1. The molecule has 2 aromatic heterocycles.